The SMILES string of the molecule is O=C(Cc1coc(-c2ccccc2)n1)N1CCC(OCCCO)CC1. The third-order valence-corrected chi connectivity index (χ3v) is 4.36. The van der Waals surface area contributed by atoms with Crippen LogP contribution in [0.4, 0.5) is 0 Å². The number of amides is 1. The van der Waals surface area contributed by atoms with Crippen LogP contribution in [-0.2, 0) is 16.0 Å². The first-order valence-electron chi connectivity index (χ1n) is 8.76. The summed E-state index contributed by atoms with van der Waals surface area (Å²) in [7, 11) is 0. The van der Waals surface area contributed by atoms with Gasteiger partial charge in [-0.05, 0) is 31.4 Å². The minimum atomic E-state index is 0.0710. The summed E-state index contributed by atoms with van der Waals surface area (Å²) in [6.07, 6.45) is 4.34. The van der Waals surface area contributed by atoms with E-state index in [-0.39, 0.29) is 25.0 Å². The number of aromatic nitrogens is 1. The second-order valence-electron chi connectivity index (χ2n) is 6.21. The van der Waals surface area contributed by atoms with E-state index in [9.17, 15) is 4.79 Å². The van der Waals surface area contributed by atoms with Crippen LogP contribution >= 0.6 is 0 Å². The van der Waals surface area contributed by atoms with Crippen molar-refractivity contribution in [2.75, 3.05) is 26.3 Å². The Morgan fingerprint density at radius 2 is 2.04 bits per heavy atom. The van der Waals surface area contributed by atoms with Crippen LogP contribution in [0.15, 0.2) is 41.0 Å². The molecule has 1 aliphatic rings. The molecule has 6 heteroatoms. The number of aliphatic hydroxyl groups is 1. The zero-order valence-corrected chi connectivity index (χ0v) is 14.3. The van der Waals surface area contributed by atoms with Gasteiger partial charge in [-0.1, -0.05) is 18.2 Å². The van der Waals surface area contributed by atoms with Crippen molar-refractivity contribution >= 4 is 5.91 Å². The summed E-state index contributed by atoms with van der Waals surface area (Å²) in [6, 6.07) is 9.65. The van der Waals surface area contributed by atoms with Crippen LogP contribution in [0.5, 0.6) is 0 Å². The predicted molar refractivity (Wildman–Crippen MR) is 92.9 cm³/mol. The molecule has 1 amide bonds. The number of likely N-dealkylation sites (tertiary alicyclic amines) is 1. The Kier molecular flexibility index (Phi) is 6.19. The van der Waals surface area contributed by atoms with Crippen molar-refractivity contribution in [1.82, 2.24) is 9.88 Å². The van der Waals surface area contributed by atoms with E-state index in [2.05, 4.69) is 4.98 Å². The molecule has 3 rings (SSSR count). The molecule has 1 aliphatic heterocycles. The Balaban J connectivity index is 1.48. The van der Waals surface area contributed by atoms with Gasteiger partial charge < -0.3 is 19.2 Å². The van der Waals surface area contributed by atoms with Gasteiger partial charge in [-0.25, -0.2) is 4.98 Å². The molecule has 1 N–H and O–H groups in total. The molecule has 0 spiro atoms. The molecule has 1 fully saturated rings. The summed E-state index contributed by atoms with van der Waals surface area (Å²) >= 11 is 0. The Hall–Kier alpha value is -2.18. The molecule has 0 atom stereocenters. The maximum absolute atomic E-state index is 12.5. The van der Waals surface area contributed by atoms with Crippen LogP contribution in [-0.4, -0.2) is 53.3 Å². The lowest BCUT2D eigenvalue weighted by Crippen LogP contribution is -2.41. The van der Waals surface area contributed by atoms with Gasteiger partial charge in [0.15, 0.2) is 0 Å². The van der Waals surface area contributed by atoms with Crippen molar-refractivity contribution in [3.63, 3.8) is 0 Å². The average molecular weight is 344 g/mol. The monoisotopic (exact) mass is 344 g/mol. The molecule has 134 valence electrons. The van der Waals surface area contributed by atoms with Crippen molar-refractivity contribution in [2.45, 2.75) is 31.8 Å². The number of hydrogen-bond acceptors (Lipinski definition) is 5. The lowest BCUT2D eigenvalue weighted by Gasteiger charge is -2.31. The number of hydrogen-bond donors (Lipinski definition) is 1. The molecule has 1 aromatic heterocycles. The van der Waals surface area contributed by atoms with Gasteiger partial charge in [0.25, 0.3) is 0 Å². The Labute approximate surface area is 147 Å². The summed E-state index contributed by atoms with van der Waals surface area (Å²) in [5, 5.41) is 8.78. The van der Waals surface area contributed by atoms with Crippen LogP contribution < -0.4 is 0 Å². The molecule has 2 aromatic rings. The standard InChI is InChI=1S/C19H24N2O4/c22-11-4-12-24-17-7-9-21(10-8-17)18(23)13-16-14-25-19(20-16)15-5-2-1-3-6-15/h1-3,5-6,14,17,22H,4,7-13H2. The fourth-order valence-corrected chi connectivity index (χ4v) is 2.95. The summed E-state index contributed by atoms with van der Waals surface area (Å²) in [5.74, 6) is 0.612. The molecule has 1 aromatic carbocycles. The molecular weight excluding hydrogens is 320 g/mol. The van der Waals surface area contributed by atoms with Crippen molar-refractivity contribution in [3.8, 4) is 11.5 Å². The third kappa shape index (κ3) is 4.90. The van der Waals surface area contributed by atoms with Crippen LogP contribution in [0.2, 0.25) is 0 Å². The second-order valence-corrected chi connectivity index (χ2v) is 6.21. The van der Waals surface area contributed by atoms with E-state index < -0.39 is 0 Å². The number of aliphatic hydroxyl groups excluding tert-OH is 1. The summed E-state index contributed by atoms with van der Waals surface area (Å²) in [4.78, 5) is 18.7. The quantitative estimate of drug-likeness (QED) is 0.780. The number of rotatable bonds is 7. The highest BCUT2D eigenvalue weighted by Gasteiger charge is 2.24. The van der Waals surface area contributed by atoms with Crippen molar-refractivity contribution in [2.24, 2.45) is 0 Å². The number of piperidine rings is 1. The van der Waals surface area contributed by atoms with Gasteiger partial charge in [-0.2, -0.15) is 0 Å². The molecule has 0 bridgehead atoms. The number of benzene rings is 1. The fourth-order valence-electron chi connectivity index (χ4n) is 2.95. The smallest absolute Gasteiger partial charge is 0.228 e. The van der Waals surface area contributed by atoms with Crippen LogP contribution in [0.25, 0.3) is 11.5 Å². The third-order valence-electron chi connectivity index (χ3n) is 4.36. The highest BCUT2D eigenvalue weighted by Crippen LogP contribution is 2.19. The highest BCUT2D eigenvalue weighted by atomic mass is 16.5. The topological polar surface area (TPSA) is 75.8 Å². The molecule has 0 saturated carbocycles. The minimum Gasteiger partial charge on any atom is -0.444 e. The maximum Gasteiger partial charge on any atom is 0.228 e. The summed E-state index contributed by atoms with van der Waals surface area (Å²) < 4.78 is 11.2. The molecule has 6 nitrogen and oxygen atoms in total. The Bertz CT molecular complexity index is 663. The Morgan fingerprint density at radius 3 is 2.76 bits per heavy atom. The van der Waals surface area contributed by atoms with E-state index >= 15 is 0 Å². The van der Waals surface area contributed by atoms with E-state index in [1.54, 1.807) is 6.26 Å². The van der Waals surface area contributed by atoms with Gasteiger partial charge in [-0.15, -0.1) is 0 Å². The lowest BCUT2D eigenvalue weighted by molar-refractivity contribution is -0.133. The van der Waals surface area contributed by atoms with Crippen molar-refractivity contribution in [3.05, 3.63) is 42.3 Å². The number of carbonyl (C=O) groups is 1. The van der Waals surface area contributed by atoms with E-state index in [0.29, 0.717) is 37.7 Å². The van der Waals surface area contributed by atoms with Crippen molar-refractivity contribution < 1.29 is 19.1 Å². The highest BCUT2D eigenvalue weighted by molar-refractivity contribution is 5.78. The molecule has 0 radical (unpaired) electrons. The zero-order chi connectivity index (χ0) is 17.5. The minimum absolute atomic E-state index is 0.0710. The number of nitrogens with zero attached hydrogens (tertiary/aromatic N) is 2. The normalized spacial score (nSPS) is 15.5. The first kappa shape index (κ1) is 17.6. The number of ether oxygens (including phenoxy) is 1. The van der Waals surface area contributed by atoms with Crippen LogP contribution in [0.3, 0.4) is 0 Å². The summed E-state index contributed by atoms with van der Waals surface area (Å²) in [6.45, 7) is 2.13. The maximum atomic E-state index is 12.5. The first-order valence-corrected chi connectivity index (χ1v) is 8.76. The average Bonchev–Trinajstić information content (AvgIpc) is 3.12. The number of carbonyl (C=O) groups excluding carboxylic acids is 1. The van der Waals surface area contributed by atoms with Gasteiger partial charge in [0.2, 0.25) is 11.8 Å². The van der Waals surface area contributed by atoms with Gasteiger partial charge >= 0.3 is 0 Å². The van der Waals surface area contributed by atoms with Crippen LogP contribution in [0.1, 0.15) is 25.0 Å². The first-order chi connectivity index (χ1) is 12.3. The lowest BCUT2D eigenvalue weighted by atomic mass is 10.1. The number of oxazole rings is 1. The molecular formula is C19H24N2O4. The van der Waals surface area contributed by atoms with Gasteiger partial charge in [0.05, 0.1) is 18.2 Å². The molecule has 25 heavy (non-hydrogen) atoms. The second kappa shape index (κ2) is 8.78. The van der Waals surface area contributed by atoms with E-state index in [1.807, 2.05) is 35.2 Å². The molecule has 0 unspecified atom stereocenters. The predicted octanol–water partition coefficient (Wildman–Crippen LogP) is 2.27. The van der Waals surface area contributed by atoms with Gasteiger partial charge in [0.1, 0.15) is 6.26 Å². The largest absolute Gasteiger partial charge is 0.444 e. The van der Waals surface area contributed by atoms with E-state index in [0.717, 1.165) is 18.4 Å². The van der Waals surface area contributed by atoms with Gasteiger partial charge in [-0.3, -0.25) is 4.79 Å². The molecule has 1 saturated heterocycles. The summed E-state index contributed by atoms with van der Waals surface area (Å²) in [5.41, 5.74) is 1.56. The van der Waals surface area contributed by atoms with Crippen LogP contribution in [0, 0.1) is 0 Å². The fraction of sp³-hybridized carbons (Fsp3) is 0.474. The van der Waals surface area contributed by atoms with Crippen molar-refractivity contribution in [1.29, 1.82) is 0 Å². The van der Waals surface area contributed by atoms with E-state index in [4.69, 9.17) is 14.3 Å². The Morgan fingerprint density at radius 1 is 1.28 bits per heavy atom. The molecule has 2 heterocycles. The van der Waals surface area contributed by atoms with Gasteiger partial charge in [0, 0.05) is 31.9 Å². The zero-order valence-electron chi connectivity index (χ0n) is 14.3. The van der Waals surface area contributed by atoms with E-state index in [1.165, 1.54) is 0 Å². The molecule has 0 aliphatic carbocycles.